The van der Waals surface area contributed by atoms with Crippen LogP contribution < -0.4 is 0 Å². The van der Waals surface area contributed by atoms with Crippen molar-refractivity contribution in [3.63, 3.8) is 0 Å². The molecule has 1 saturated heterocycles. The van der Waals surface area contributed by atoms with Crippen LogP contribution in [0, 0.1) is 5.92 Å². The summed E-state index contributed by atoms with van der Waals surface area (Å²) in [6, 6.07) is 10.3. The molecule has 3 rings (SSSR count). The molecule has 1 heterocycles. The standard InChI is InChI=1S/C19H26O3/c1-2-17-14-21-19(11-7-4-8-12-19)22-18(17)15-20-13-16-9-5-3-6-10-16/h2-3,5-6,9-10,17-18H,1,4,7-8,11-15H2/t17-,18+/m0/s1. The highest BCUT2D eigenvalue weighted by molar-refractivity contribution is 5.13. The molecule has 1 spiro atoms. The summed E-state index contributed by atoms with van der Waals surface area (Å²) in [4.78, 5) is 0. The molecule has 1 aromatic rings. The Bertz CT molecular complexity index is 465. The number of ether oxygens (including phenoxy) is 3. The van der Waals surface area contributed by atoms with E-state index in [1.165, 1.54) is 24.8 Å². The minimum Gasteiger partial charge on any atom is -0.374 e. The van der Waals surface area contributed by atoms with Crippen molar-refractivity contribution in [1.29, 1.82) is 0 Å². The molecule has 0 aromatic heterocycles. The van der Waals surface area contributed by atoms with Gasteiger partial charge in [0.15, 0.2) is 5.79 Å². The van der Waals surface area contributed by atoms with Crippen molar-refractivity contribution in [2.45, 2.75) is 50.6 Å². The fourth-order valence-corrected chi connectivity index (χ4v) is 3.35. The zero-order valence-electron chi connectivity index (χ0n) is 13.2. The van der Waals surface area contributed by atoms with Crippen LogP contribution in [0.1, 0.15) is 37.7 Å². The molecule has 2 aliphatic rings. The lowest BCUT2D eigenvalue weighted by Crippen LogP contribution is -2.51. The van der Waals surface area contributed by atoms with Gasteiger partial charge in [-0.2, -0.15) is 0 Å². The van der Waals surface area contributed by atoms with E-state index in [0.29, 0.717) is 19.8 Å². The molecule has 1 aromatic carbocycles. The van der Waals surface area contributed by atoms with Gasteiger partial charge in [-0.25, -0.2) is 0 Å². The third-order valence-electron chi connectivity index (χ3n) is 4.69. The number of benzene rings is 1. The SMILES string of the molecule is C=C[C@H]1COC2(CCCCC2)O[C@@H]1COCc1ccccc1. The van der Waals surface area contributed by atoms with E-state index in [1.54, 1.807) is 0 Å². The van der Waals surface area contributed by atoms with E-state index in [2.05, 4.69) is 18.7 Å². The van der Waals surface area contributed by atoms with E-state index in [-0.39, 0.29) is 17.8 Å². The second-order valence-electron chi connectivity index (χ2n) is 6.34. The van der Waals surface area contributed by atoms with Crippen LogP contribution in [-0.4, -0.2) is 25.1 Å². The fourth-order valence-electron chi connectivity index (χ4n) is 3.35. The van der Waals surface area contributed by atoms with Gasteiger partial charge in [-0.15, -0.1) is 6.58 Å². The first-order valence-corrected chi connectivity index (χ1v) is 8.37. The van der Waals surface area contributed by atoms with Crippen LogP contribution in [0.3, 0.4) is 0 Å². The predicted molar refractivity (Wildman–Crippen MR) is 86.4 cm³/mol. The summed E-state index contributed by atoms with van der Waals surface area (Å²) in [6.45, 7) is 5.83. The molecule has 1 aliphatic carbocycles. The topological polar surface area (TPSA) is 27.7 Å². The van der Waals surface area contributed by atoms with E-state index >= 15 is 0 Å². The Kier molecular flexibility index (Phi) is 5.29. The molecule has 3 heteroatoms. The van der Waals surface area contributed by atoms with Crippen LogP contribution in [0.25, 0.3) is 0 Å². The molecule has 0 amide bonds. The molecular weight excluding hydrogens is 276 g/mol. The monoisotopic (exact) mass is 302 g/mol. The summed E-state index contributed by atoms with van der Waals surface area (Å²) in [6.07, 6.45) is 7.67. The summed E-state index contributed by atoms with van der Waals surface area (Å²) in [5.41, 5.74) is 1.19. The summed E-state index contributed by atoms with van der Waals surface area (Å²) in [5.74, 6) is -0.151. The van der Waals surface area contributed by atoms with Crippen molar-refractivity contribution in [3.8, 4) is 0 Å². The van der Waals surface area contributed by atoms with Crippen molar-refractivity contribution >= 4 is 0 Å². The predicted octanol–water partition coefficient (Wildman–Crippen LogP) is 4.08. The zero-order valence-corrected chi connectivity index (χ0v) is 13.2. The second-order valence-corrected chi connectivity index (χ2v) is 6.34. The molecule has 1 saturated carbocycles. The Morgan fingerprint density at radius 3 is 2.68 bits per heavy atom. The van der Waals surface area contributed by atoms with E-state index in [9.17, 15) is 0 Å². The second kappa shape index (κ2) is 7.40. The van der Waals surface area contributed by atoms with Crippen LogP contribution in [0.15, 0.2) is 43.0 Å². The smallest absolute Gasteiger partial charge is 0.168 e. The third-order valence-corrected chi connectivity index (χ3v) is 4.69. The maximum atomic E-state index is 6.34. The number of rotatable bonds is 5. The van der Waals surface area contributed by atoms with Crippen LogP contribution in [-0.2, 0) is 20.8 Å². The molecule has 0 N–H and O–H groups in total. The highest BCUT2D eigenvalue weighted by Crippen LogP contribution is 2.38. The van der Waals surface area contributed by atoms with Gasteiger partial charge in [-0.1, -0.05) is 42.8 Å². The average molecular weight is 302 g/mol. The Morgan fingerprint density at radius 2 is 1.95 bits per heavy atom. The summed E-state index contributed by atoms with van der Waals surface area (Å²) in [5, 5.41) is 0. The molecule has 1 aliphatic heterocycles. The van der Waals surface area contributed by atoms with E-state index in [0.717, 1.165) is 12.8 Å². The normalized spacial score (nSPS) is 27.6. The number of hydrogen-bond donors (Lipinski definition) is 0. The van der Waals surface area contributed by atoms with Crippen LogP contribution in [0.4, 0.5) is 0 Å². The molecule has 2 atom stereocenters. The van der Waals surface area contributed by atoms with Gasteiger partial charge >= 0.3 is 0 Å². The highest BCUT2D eigenvalue weighted by atomic mass is 16.7. The van der Waals surface area contributed by atoms with Gasteiger partial charge in [0.05, 0.1) is 25.9 Å². The van der Waals surface area contributed by atoms with Crippen molar-refractivity contribution in [2.24, 2.45) is 5.92 Å². The first-order chi connectivity index (χ1) is 10.8. The zero-order chi connectivity index (χ0) is 15.3. The van der Waals surface area contributed by atoms with Crippen molar-refractivity contribution in [3.05, 3.63) is 48.6 Å². The van der Waals surface area contributed by atoms with Gasteiger partial charge in [-0.3, -0.25) is 0 Å². The van der Waals surface area contributed by atoms with Crippen molar-refractivity contribution < 1.29 is 14.2 Å². The molecule has 0 unspecified atom stereocenters. The maximum Gasteiger partial charge on any atom is 0.168 e. The first kappa shape index (κ1) is 15.7. The van der Waals surface area contributed by atoms with Gasteiger partial charge < -0.3 is 14.2 Å². The Labute approximate surface area is 133 Å². The summed E-state index contributed by atoms with van der Waals surface area (Å²) >= 11 is 0. The fraction of sp³-hybridized carbons (Fsp3) is 0.579. The van der Waals surface area contributed by atoms with E-state index < -0.39 is 0 Å². The van der Waals surface area contributed by atoms with E-state index in [1.807, 2.05) is 24.3 Å². The molecule has 22 heavy (non-hydrogen) atoms. The largest absolute Gasteiger partial charge is 0.374 e. The van der Waals surface area contributed by atoms with Crippen LogP contribution in [0.5, 0.6) is 0 Å². The molecule has 2 fully saturated rings. The Morgan fingerprint density at radius 1 is 1.18 bits per heavy atom. The molecular formula is C19H26O3. The minimum atomic E-state index is -0.363. The highest BCUT2D eigenvalue weighted by Gasteiger charge is 2.42. The van der Waals surface area contributed by atoms with Gasteiger partial charge in [0, 0.05) is 18.8 Å². The summed E-state index contributed by atoms with van der Waals surface area (Å²) < 4.78 is 18.3. The van der Waals surface area contributed by atoms with Crippen LogP contribution in [0.2, 0.25) is 0 Å². The maximum absolute atomic E-state index is 6.34. The lowest BCUT2D eigenvalue weighted by atomic mass is 9.91. The van der Waals surface area contributed by atoms with Gasteiger partial charge in [0.2, 0.25) is 0 Å². The van der Waals surface area contributed by atoms with E-state index in [4.69, 9.17) is 14.2 Å². The van der Waals surface area contributed by atoms with Gasteiger partial charge in [0.1, 0.15) is 0 Å². The lowest BCUT2D eigenvalue weighted by Gasteiger charge is -2.46. The molecule has 120 valence electrons. The lowest BCUT2D eigenvalue weighted by molar-refractivity contribution is -0.322. The Balaban J connectivity index is 1.55. The summed E-state index contributed by atoms with van der Waals surface area (Å²) in [7, 11) is 0. The van der Waals surface area contributed by atoms with Crippen LogP contribution >= 0.6 is 0 Å². The quantitative estimate of drug-likeness (QED) is 0.767. The van der Waals surface area contributed by atoms with Crippen molar-refractivity contribution in [2.75, 3.05) is 13.2 Å². The molecule has 0 bridgehead atoms. The third kappa shape index (κ3) is 3.78. The average Bonchev–Trinajstić information content (AvgIpc) is 2.57. The minimum absolute atomic E-state index is 0.0491. The van der Waals surface area contributed by atoms with Gasteiger partial charge in [-0.05, 0) is 18.4 Å². The van der Waals surface area contributed by atoms with Gasteiger partial charge in [0.25, 0.3) is 0 Å². The molecule has 0 radical (unpaired) electrons. The Hall–Kier alpha value is -1.16. The first-order valence-electron chi connectivity index (χ1n) is 8.37. The molecule has 3 nitrogen and oxygen atoms in total. The van der Waals surface area contributed by atoms with Crippen molar-refractivity contribution in [1.82, 2.24) is 0 Å². The number of hydrogen-bond acceptors (Lipinski definition) is 3.